The summed E-state index contributed by atoms with van der Waals surface area (Å²) in [5.41, 5.74) is 2.12. The molecule has 1 aliphatic heterocycles. The summed E-state index contributed by atoms with van der Waals surface area (Å²) in [4.78, 5) is 29.2. The van der Waals surface area contributed by atoms with Crippen LogP contribution in [-0.2, 0) is 49.3 Å². The molecule has 7 heteroatoms. The van der Waals surface area contributed by atoms with Gasteiger partial charge in [-0.3, -0.25) is 14.6 Å². The fourth-order valence-electron chi connectivity index (χ4n) is 3.71. The zero-order valence-corrected chi connectivity index (χ0v) is 21.4. The van der Waals surface area contributed by atoms with E-state index in [1.165, 1.54) is 4.90 Å². The molecule has 0 spiro atoms. The van der Waals surface area contributed by atoms with E-state index >= 15 is 0 Å². The summed E-state index contributed by atoms with van der Waals surface area (Å²) in [6, 6.07) is 13.6. The minimum atomic E-state index is -0.642. The Bertz CT molecular complexity index is 927. The number of ether oxygens (including phenoxy) is 1. The molecule has 1 N–H and O–H groups in total. The third-order valence-electron chi connectivity index (χ3n) is 5.58. The van der Waals surface area contributed by atoms with Gasteiger partial charge in [0.25, 0.3) is 5.91 Å². The second kappa shape index (κ2) is 10.2. The molecule has 0 bridgehead atoms. The third kappa shape index (κ3) is 5.19. The Balaban J connectivity index is 0.00000341. The zero-order valence-electron chi connectivity index (χ0n) is 18.5. The predicted molar refractivity (Wildman–Crippen MR) is 116 cm³/mol. The van der Waals surface area contributed by atoms with Crippen molar-refractivity contribution in [2.45, 2.75) is 51.6 Å². The Morgan fingerprint density at radius 2 is 1.77 bits per heavy atom. The summed E-state index contributed by atoms with van der Waals surface area (Å²) in [5, 5.41) is 9.62. The first-order valence-electron chi connectivity index (χ1n) is 10.1. The van der Waals surface area contributed by atoms with E-state index in [1.54, 1.807) is 11.0 Å². The minimum Gasteiger partial charge on any atom is -0.665 e. The van der Waals surface area contributed by atoms with Crippen LogP contribution >= 0.6 is 0 Å². The Labute approximate surface area is 209 Å². The second-order valence-corrected chi connectivity index (χ2v) is 8.56. The minimum absolute atomic E-state index is 0. The molecule has 1 heterocycles. The van der Waals surface area contributed by atoms with E-state index in [4.69, 9.17) is 4.74 Å². The topological polar surface area (TPSA) is 70.1 Å². The maximum atomic E-state index is 13.2. The van der Waals surface area contributed by atoms with Crippen LogP contribution in [0.3, 0.4) is 0 Å². The van der Waals surface area contributed by atoms with Crippen molar-refractivity contribution in [3.63, 3.8) is 0 Å². The number of aliphatic hydroxyl groups excluding tert-OH is 1. The van der Waals surface area contributed by atoms with E-state index in [0.717, 1.165) is 11.1 Å². The van der Waals surface area contributed by atoms with Crippen molar-refractivity contribution in [3.05, 3.63) is 66.8 Å². The van der Waals surface area contributed by atoms with Gasteiger partial charge in [0.15, 0.2) is 0 Å². The van der Waals surface area contributed by atoms with E-state index in [9.17, 15) is 14.7 Å². The Kier molecular flexibility index (Phi) is 8.43. The molecule has 2 aromatic carbocycles. The average Bonchev–Trinajstić information content (AvgIpc) is 2.97. The molecule has 3 amide bonds. The van der Waals surface area contributed by atoms with Gasteiger partial charge in [0.2, 0.25) is 0 Å². The summed E-state index contributed by atoms with van der Waals surface area (Å²) in [6.07, 6.45) is 0.370. The summed E-state index contributed by atoms with van der Waals surface area (Å²) < 4.78 is 5.05. The van der Waals surface area contributed by atoms with Crippen LogP contribution in [0.4, 0.5) is 10.5 Å². The SMILES string of the molecule is [CH2-]Oc1cccc(CC2C(=O)N(C(C)C)C(=O)N2c2ccc(C(C)(C)CO)cc2)c1.[Y]. The summed E-state index contributed by atoms with van der Waals surface area (Å²) in [6.45, 7) is 7.59. The number of carbonyl (C=O) groups is 2. The van der Waals surface area contributed by atoms with Crippen molar-refractivity contribution in [2.75, 3.05) is 11.5 Å². The molecule has 1 radical (unpaired) electrons. The Morgan fingerprint density at radius 3 is 2.32 bits per heavy atom. The molecular weight excluding hydrogens is 469 g/mol. The number of benzene rings is 2. The van der Waals surface area contributed by atoms with Crippen LogP contribution < -0.4 is 9.64 Å². The van der Waals surface area contributed by atoms with Crippen LogP contribution in [0.25, 0.3) is 0 Å². The number of nitrogens with zero attached hydrogens (tertiary/aromatic N) is 2. The fraction of sp³-hybridized carbons (Fsp3) is 0.375. The molecule has 0 aliphatic carbocycles. The maximum Gasteiger partial charge on any atom is 0.332 e. The monoisotopic (exact) mass is 498 g/mol. The molecule has 1 fully saturated rings. The number of amides is 3. The smallest absolute Gasteiger partial charge is 0.332 e. The van der Waals surface area contributed by atoms with E-state index in [1.807, 2.05) is 70.2 Å². The Morgan fingerprint density at radius 1 is 1.13 bits per heavy atom. The number of hydrogen-bond acceptors (Lipinski definition) is 4. The largest absolute Gasteiger partial charge is 0.665 e. The first kappa shape index (κ1) is 25.5. The number of anilines is 1. The molecule has 0 aromatic heterocycles. The average molecular weight is 498 g/mol. The molecule has 6 nitrogen and oxygen atoms in total. The van der Waals surface area contributed by atoms with E-state index in [-0.39, 0.29) is 62.7 Å². The quantitative estimate of drug-likeness (QED) is 0.464. The number of hydrogen-bond donors (Lipinski definition) is 1. The van der Waals surface area contributed by atoms with Gasteiger partial charge >= 0.3 is 6.03 Å². The van der Waals surface area contributed by atoms with Gasteiger partial charge in [-0.1, -0.05) is 38.1 Å². The number of urea groups is 1. The molecule has 163 valence electrons. The molecule has 1 unspecified atom stereocenters. The molecule has 31 heavy (non-hydrogen) atoms. The van der Waals surface area contributed by atoms with Gasteiger partial charge in [-0.05, 0) is 49.2 Å². The molecule has 1 saturated heterocycles. The second-order valence-electron chi connectivity index (χ2n) is 8.56. The fourth-order valence-corrected chi connectivity index (χ4v) is 3.71. The van der Waals surface area contributed by atoms with Crippen LogP contribution in [0.5, 0.6) is 5.75 Å². The summed E-state index contributed by atoms with van der Waals surface area (Å²) >= 11 is 0. The van der Waals surface area contributed by atoms with Crippen molar-refractivity contribution >= 4 is 17.6 Å². The van der Waals surface area contributed by atoms with Gasteiger partial charge in [0.05, 0.1) is 12.4 Å². The van der Waals surface area contributed by atoms with Crippen LogP contribution in [0.15, 0.2) is 48.5 Å². The normalized spacial score (nSPS) is 16.7. The maximum absolute atomic E-state index is 13.2. The molecule has 0 saturated carbocycles. The van der Waals surface area contributed by atoms with E-state index in [0.29, 0.717) is 17.9 Å². The van der Waals surface area contributed by atoms with Crippen molar-refractivity contribution in [1.29, 1.82) is 0 Å². The zero-order chi connectivity index (χ0) is 22.1. The molecule has 1 aliphatic rings. The van der Waals surface area contributed by atoms with Crippen LogP contribution in [0.1, 0.15) is 38.8 Å². The number of aliphatic hydroxyl groups is 1. The van der Waals surface area contributed by atoms with Crippen molar-refractivity contribution in [3.8, 4) is 5.75 Å². The third-order valence-corrected chi connectivity index (χ3v) is 5.58. The molecule has 3 rings (SSSR count). The van der Waals surface area contributed by atoms with Gasteiger partial charge in [-0.25, -0.2) is 4.79 Å². The summed E-state index contributed by atoms with van der Waals surface area (Å²) in [5.74, 6) is 0.392. The number of rotatable bonds is 7. The van der Waals surface area contributed by atoms with Crippen molar-refractivity contribution < 1.29 is 52.1 Å². The molecular formula is C24H29N2O4Y-. The standard InChI is InChI=1S/C24H29N2O4.Y/c1-16(2)25-22(28)21(14-17-7-6-8-20(13-17)30-5)26(23(25)29)19-11-9-18(10-12-19)24(3,4)15-27;/h6-13,16,21,27H,5,14-15H2,1-4H3;/q-1;. The predicted octanol–water partition coefficient (Wildman–Crippen LogP) is 3.91. The Hall–Kier alpha value is -1.76. The van der Waals surface area contributed by atoms with E-state index in [2.05, 4.69) is 7.11 Å². The van der Waals surface area contributed by atoms with Crippen LogP contribution in [-0.4, -0.2) is 40.6 Å². The van der Waals surface area contributed by atoms with Gasteiger partial charge in [-0.2, -0.15) is 7.11 Å². The van der Waals surface area contributed by atoms with Gasteiger partial charge in [-0.15, -0.1) is 0 Å². The number of carbonyl (C=O) groups excluding carboxylic acids is 2. The van der Waals surface area contributed by atoms with Crippen molar-refractivity contribution in [2.24, 2.45) is 0 Å². The summed E-state index contributed by atoms with van der Waals surface area (Å²) in [7, 11) is 3.43. The molecule has 2 aromatic rings. The molecule has 1 atom stereocenters. The van der Waals surface area contributed by atoms with Crippen LogP contribution in [0, 0.1) is 7.11 Å². The first-order valence-corrected chi connectivity index (χ1v) is 10.1. The van der Waals surface area contributed by atoms with Gasteiger partial charge in [0, 0.05) is 56.3 Å². The van der Waals surface area contributed by atoms with Gasteiger partial charge in [0.1, 0.15) is 6.04 Å². The van der Waals surface area contributed by atoms with Crippen LogP contribution in [0.2, 0.25) is 0 Å². The first-order chi connectivity index (χ1) is 14.2. The number of imide groups is 1. The van der Waals surface area contributed by atoms with Crippen molar-refractivity contribution in [1.82, 2.24) is 4.90 Å². The van der Waals surface area contributed by atoms with E-state index < -0.39 is 6.04 Å². The van der Waals surface area contributed by atoms with Gasteiger partial charge < -0.3 is 9.84 Å².